The molecular formula is C13H13NO3. The smallest absolute Gasteiger partial charge is 0.256 e. The standard InChI is InChI=1S/C8H8.C5H5NO3/c1-2-8-6-4-3-5-7-8;7-2-3-1-4(8)6-5(3)9/h2-7H,1H2;1,7H,2H2,(H,6,8,9). The molecule has 0 spiro atoms. The summed E-state index contributed by atoms with van der Waals surface area (Å²) in [6.45, 7) is 3.25. The van der Waals surface area contributed by atoms with Crippen molar-refractivity contribution in [2.24, 2.45) is 0 Å². The van der Waals surface area contributed by atoms with Gasteiger partial charge in [0.1, 0.15) is 0 Å². The summed E-state index contributed by atoms with van der Waals surface area (Å²) >= 11 is 0. The molecule has 0 saturated carbocycles. The van der Waals surface area contributed by atoms with Crippen molar-refractivity contribution in [1.29, 1.82) is 0 Å². The van der Waals surface area contributed by atoms with Gasteiger partial charge >= 0.3 is 0 Å². The van der Waals surface area contributed by atoms with Gasteiger partial charge in [0.25, 0.3) is 11.8 Å². The minimum Gasteiger partial charge on any atom is -0.391 e. The number of hydrogen-bond donors (Lipinski definition) is 2. The van der Waals surface area contributed by atoms with Crippen LogP contribution in [-0.4, -0.2) is 23.5 Å². The predicted molar refractivity (Wildman–Crippen MR) is 64.9 cm³/mol. The zero-order chi connectivity index (χ0) is 12.7. The molecule has 0 bridgehead atoms. The summed E-state index contributed by atoms with van der Waals surface area (Å²) in [6, 6.07) is 10.0. The molecular weight excluding hydrogens is 218 g/mol. The normalized spacial score (nSPS) is 13.4. The van der Waals surface area contributed by atoms with Crippen molar-refractivity contribution < 1.29 is 14.7 Å². The second-order valence-corrected chi connectivity index (χ2v) is 3.26. The Morgan fingerprint density at radius 1 is 1.24 bits per heavy atom. The summed E-state index contributed by atoms with van der Waals surface area (Å²) in [6.07, 6.45) is 2.92. The summed E-state index contributed by atoms with van der Waals surface area (Å²) in [5, 5.41) is 10.4. The van der Waals surface area contributed by atoms with Crippen LogP contribution in [-0.2, 0) is 9.59 Å². The zero-order valence-electron chi connectivity index (χ0n) is 9.22. The maximum Gasteiger partial charge on any atom is 0.256 e. The predicted octanol–water partition coefficient (Wildman–Crippen LogP) is 0.891. The molecule has 1 aromatic carbocycles. The van der Waals surface area contributed by atoms with Crippen LogP contribution >= 0.6 is 0 Å². The molecule has 4 heteroatoms. The lowest BCUT2D eigenvalue weighted by molar-refractivity contribution is -0.123. The lowest BCUT2D eigenvalue weighted by Gasteiger charge is -1.88. The number of imide groups is 1. The SMILES string of the molecule is C=Cc1ccccc1.O=C1C=C(CO)C(=O)N1. The Balaban J connectivity index is 0.000000171. The summed E-state index contributed by atoms with van der Waals surface area (Å²) in [4.78, 5) is 20.8. The number of benzene rings is 1. The van der Waals surface area contributed by atoms with E-state index < -0.39 is 11.8 Å². The first-order valence-corrected chi connectivity index (χ1v) is 5.01. The van der Waals surface area contributed by atoms with Gasteiger partial charge in [0.2, 0.25) is 0 Å². The molecule has 2 rings (SSSR count). The van der Waals surface area contributed by atoms with Crippen molar-refractivity contribution in [1.82, 2.24) is 5.32 Å². The molecule has 0 aliphatic carbocycles. The highest BCUT2D eigenvalue weighted by molar-refractivity contribution is 6.16. The minimum absolute atomic E-state index is 0.125. The first kappa shape index (κ1) is 12.9. The molecule has 2 amide bonds. The number of amides is 2. The van der Waals surface area contributed by atoms with E-state index in [1.807, 2.05) is 41.7 Å². The van der Waals surface area contributed by atoms with E-state index in [0.29, 0.717) is 0 Å². The van der Waals surface area contributed by atoms with Crippen molar-refractivity contribution in [2.45, 2.75) is 0 Å². The molecule has 17 heavy (non-hydrogen) atoms. The van der Waals surface area contributed by atoms with E-state index in [-0.39, 0.29) is 12.2 Å². The molecule has 0 fully saturated rings. The van der Waals surface area contributed by atoms with E-state index >= 15 is 0 Å². The Bertz CT molecular complexity index is 449. The van der Waals surface area contributed by atoms with E-state index in [9.17, 15) is 9.59 Å². The van der Waals surface area contributed by atoms with Crippen LogP contribution in [0, 0.1) is 0 Å². The second-order valence-electron chi connectivity index (χ2n) is 3.26. The molecule has 1 aliphatic heterocycles. The first-order valence-electron chi connectivity index (χ1n) is 5.01. The van der Waals surface area contributed by atoms with Crippen LogP contribution in [0.5, 0.6) is 0 Å². The quantitative estimate of drug-likeness (QED) is 0.743. The Kier molecular flexibility index (Phi) is 4.84. The third-order valence-corrected chi connectivity index (χ3v) is 2.04. The molecule has 0 atom stereocenters. The number of hydrogen-bond acceptors (Lipinski definition) is 3. The zero-order valence-corrected chi connectivity index (χ0v) is 9.22. The first-order chi connectivity index (χ1) is 8.17. The molecule has 0 saturated heterocycles. The van der Waals surface area contributed by atoms with Crippen LogP contribution in [0.2, 0.25) is 0 Å². The van der Waals surface area contributed by atoms with Crippen molar-refractivity contribution in [2.75, 3.05) is 6.61 Å². The summed E-state index contributed by atoms with van der Waals surface area (Å²) < 4.78 is 0. The van der Waals surface area contributed by atoms with Crippen LogP contribution < -0.4 is 5.32 Å². The number of nitrogens with one attached hydrogen (secondary N) is 1. The van der Waals surface area contributed by atoms with E-state index in [1.54, 1.807) is 0 Å². The Labute approximate surface area is 99.3 Å². The average Bonchev–Trinajstić information content (AvgIpc) is 2.69. The van der Waals surface area contributed by atoms with Crippen molar-refractivity contribution in [3.8, 4) is 0 Å². The fraction of sp³-hybridized carbons (Fsp3) is 0.0769. The van der Waals surface area contributed by atoms with E-state index in [1.165, 1.54) is 5.56 Å². The topological polar surface area (TPSA) is 66.4 Å². The van der Waals surface area contributed by atoms with Crippen LogP contribution in [0.15, 0.2) is 48.6 Å². The van der Waals surface area contributed by atoms with Crippen LogP contribution in [0.25, 0.3) is 6.08 Å². The van der Waals surface area contributed by atoms with Crippen molar-refractivity contribution in [3.63, 3.8) is 0 Å². The third-order valence-electron chi connectivity index (χ3n) is 2.04. The molecule has 1 heterocycles. The maximum absolute atomic E-state index is 10.5. The Hall–Kier alpha value is -2.20. The van der Waals surface area contributed by atoms with Gasteiger partial charge in [-0.05, 0) is 5.56 Å². The van der Waals surface area contributed by atoms with Crippen LogP contribution in [0.3, 0.4) is 0 Å². The average molecular weight is 231 g/mol. The maximum atomic E-state index is 10.5. The molecule has 0 radical (unpaired) electrons. The van der Waals surface area contributed by atoms with Gasteiger partial charge in [0.15, 0.2) is 0 Å². The number of carbonyl (C=O) groups excluding carboxylic acids is 2. The fourth-order valence-corrected chi connectivity index (χ4v) is 1.16. The van der Waals surface area contributed by atoms with Gasteiger partial charge < -0.3 is 5.11 Å². The largest absolute Gasteiger partial charge is 0.391 e. The van der Waals surface area contributed by atoms with Gasteiger partial charge in [-0.3, -0.25) is 14.9 Å². The highest BCUT2D eigenvalue weighted by atomic mass is 16.3. The fourth-order valence-electron chi connectivity index (χ4n) is 1.16. The van der Waals surface area contributed by atoms with Gasteiger partial charge in [-0.15, -0.1) is 0 Å². The second kappa shape index (κ2) is 6.40. The van der Waals surface area contributed by atoms with Gasteiger partial charge in [-0.25, -0.2) is 0 Å². The van der Waals surface area contributed by atoms with Crippen LogP contribution in [0.4, 0.5) is 0 Å². The molecule has 0 unspecified atom stereocenters. The molecule has 88 valence electrons. The molecule has 1 aliphatic rings. The number of carbonyl (C=O) groups is 2. The van der Waals surface area contributed by atoms with Gasteiger partial charge in [-0.1, -0.05) is 43.0 Å². The monoisotopic (exact) mass is 231 g/mol. The highest BCUT2D eigenvalue weighted by Gasteiger charge is 2.18. The summed E-state index contributed by atoms with van der Waals surface area (Å²) in [5.41, 5.74) is 1.30. The summed E-state index contributed by atoms with van der Waals surface area (Å²) in [5.74, 6) is -0.952. The number of rotatable bonds is 2. The summed E-state index contributed by atoms with van der Waals surface area (Å²) in [7, 11) is 0. The Morgan fingerprint density at radius 3 is 2.18 bits per heavy atom. The molecule has 2 N–H and O–H groups in total. The van der Waals surface area contributed by atoms with Gasteiger partial charge in [0.05, 0.1) is 6.61 Å². The van der Waals surface area contributed by atoms with Crippen LogP contribution in [0.1, 0.15) is 5.56 Å². The van der Waals surface area contributed by atoms with Gasteiger partial charge in [0, 0.05) is 11.6 Å². The lowest BCUT2D eigenvalue weighted by atomic mass is 10.2. The van der Waals surface area contributed by atoms with E-state index in [4.69, 9.17) is 5.11 Å². The van der Waals surface area contributed by atoms with E-state index in [0.717, 1.165) is 6.08 Å². The number of aliphatic hydroxyl groups excluding tert-OH is 1. The molecule has 4 nitrogen and oxygen atoms in total. The third kappa shape index (κ3) is 4.04. The molecule has 1 aromatic rings. The van der Waals surface area contributed by atoms with E-state index in [2.05, 4.69) is 6.58 Å². The molecule has 0 aromatic heterocycles. The van der Waals surface area contributed by atoms with Gasteiger partial charge in [-0.2, -0.15) is 0 Å². The lowest BCUT2D eigenvalue weighted by Crippen LogP contribution is -2.22. The van der Waals surface area contributed by atoms with Crippen molar-refractivity contribution in [3.05, 3.63) is 54.1 Å². The minimum atomic E-state index is -0.498. The van der Waals surface area contributed by atoms with Crippen molar-refractivity contribution >= 4 is 17.9 Å². The Morgan fingerprint density at radius 2 is 1.88 bits per heavy atom. The highest BCUT2D eigenvalue weighted by Crippen LogP contribution is 1.99. The number of aliphatic hydroxyl groups is 1.